The van der Waals surface area contributed by atoms with Gasteiger partial charge in [0.2, 0.25) is 5.91 Å². The minimum atomic E-state index is -0.453. The van der Waals surface area contributed by atoms with E-state index in [4.69, 9.17) is 10.5 Å². The van der Waals surface area contributed by atoms with Crippen LogP contribution in [0.4, 0.5) is 0 Å². The van der Waals surface area contributed by atoms with Gasteiger partial charge in [-0.25, -0.2) is 0 Å². The Balaban J connectivity index is 2.42. The van der Waals surface area contributed by atoms with Crippen molar-refractivity contribution in [2.75, 3.05) is 26.3 Å². The fourth-order valence-electron chi connectivity index (χ4n) is 1.22. The summed E-state index contributed by atoms with van der Waals surface area (Å²) in [4.78, 5) is 11.8. The van der Waals surface area contributed by atoms with Crippen molar-refractivity contribution in [2.45, 2.75) is 20.8 Å². The molecule has 4 nitrogen and oxygen atoms in total. The second-order valence-corrected chi connectivity index (χ2v) is 5.22. The van der Waals surface area contributed by atoms with Crippen LogP contribution in [0.5, 0.6) is 0 Å². The molecule has 1 heterocycles. The monoisotopic (exact) mass is 200 g/mol. The van der Waals surface area contributed by atoms with Gasteiger partial charge < -0.3 is 15.8 Å². The molecule has 3 N–H and O–H groups in total. The Kier molecular flexibility index (Phi) is 3.17. The summed E-state index contributed by atoms with van der Waals surface area (Å²) in [6.07, 6.45) is 0. The molecule has 82 valence electrons. The molecule has 0 radical (unpaired) electrons. The first kappa shape index (κ1) is 11.5. The highest BCUT2D eigenvalue weighted by Gasteiger charge is 2.44. The molecule has 14 heavy (non-hydrogen) atoms. The van der Waals surface area contributed by atoms with Crippen LogP contribution in [0.3, 0.4) is 0 Å². The summed E-state index contributed by atoms with van der Waals surface area (Å²) < 4.78 is 5.04. The fraction of sp³-hybridized carbons (Fsp3) is 0.900. The van der Waals surface area contributed by atoms with Crippen LogP contribution in [0.25, 0.3) is 0 Å². The first-order chi connectivity index (χ1) is 6.40. The van der Waals surface area contributed by atoms with E-state index in [2.05, 4.69) is 26.1 Å². The number of ether oxygens (including phenoxy) is 1. The quantitative estimate of drug-likeness (QED) is 0.680. The molecular formula is C10H20N2O2. The molecule has 1 rings (SSSR count). The van der Waals surface area contributed by atoms with Gasteiger partial charge in [-0.3, -0.25) is 4.79 Å². The van der Waals surface area contributed by atoms with Crippen LogP contribution in [-0.2, 0) is 9.53 Å². The van der Waals surface area contributed by atoms with Crippen LogP contribution in [0, 0.1) is 10.8 Å². The lowest BCUT2D eigenvalue weighted by Gasteiger charge is -2.39. The summed E-state index contributed by atoms with van der Waals surface area (Å²) in [6.45, 7) is 8.20. The zero-order chi connectivity index (χ0) is 10.8. The zero-order valence-electron chi connectivity index (χ0n) is 9.22. The second-order valence-electron chi connectivity index (χ2n) is 5.22. The number of carbonyl (C=O) groups excluding carboxylic acids is 1. The van der Waals surface area contributed by atoms with E-state index in [9.17, 15) is 4.79 Å². The van der Waals surface area contributed by atoms with Crippen LogP contribution < -0.4 is 11.1 Å². The molecule has 1 amide bonds. The minimum absolute atomic E-state index is 0.0289. The van der Waals surface area contributed by atoms with E-state index in [1.807, 2.05) is 0 Å². The third-order valence-electron chi connectivity index (χ3n) is 2.41. The largest absolute Gasteiger partial charge is 0.379 e. The minimum Gasteiger partial charge on any atom is -0.379 e. The van der Waals surface area contributed by atoms with Crippen molar-refractivity contribution in [1.82, 2.24) is 5.32 Å². The maximum Gasteiger partial charge on any atom is 0.232 e. The van der Waals surface area contributed by atoms with Crippen LogP contribution in [0.15, 0.2) is 0 Å². The lowest BCUT2D eigenvalue weighted by molar-refractivity contribution is -0.159. The summed E-state index contributed by atoms with van der Waals surface area (Å²) in [5.41, 5.74) is 5.22. The van der Waals surface area contributed by atoms with Gasteiger partial charge in [0.25, 0.3) is 0 Å². The van der Waals surface area contributed by atoms with Gasteiger partial charge in [0.05, 0.1) is 13.2 Å². The first-order valence-corrected chi connectivity index (χ1v) is 4.96. The van der Waals surface area contributed by atoms with Crippen molar-refractivity contribution < 1.29 is 9.53 Å². The third-order valence-corrected chi connectivity index (χ3v) is 2.41. The normalized spacial score (nSPS) is 20.0. The SMILES string of the molecule is CC(C)(C)CNC(=O)C1(CN)COC1. The highest BCUT2D eigenvalue weighted by Crippen LogP contribution is 2.26. The summed E-state index contributed by atoms with van der Waals surface area (Å²) in [5, 5.41) is 2.92. The second kappa shape index (κ2) is 3.87. The molecule has 0 aromatic rings. The summed E-state index contributed by atoms with van der Waals surface area (Å²) in [5.74, 6) is 0.0289. The smallest absolute Gasteiger partial charge is 0.232 e. The highest BCUT2D eigenvalue weighted by molar-refractivity contribution is 5.84. The molecule has 0 aliphatic carbocycles. The number of nitrogens with two attached hydrogens (primary N) is 1. The van der Waals surface area contributed by atoms with Gasteiger partial charge in [0.1, 0.15) is 5.41 Å². The number of hydrogen-bond donors (Lipinski definition) is 2. The van der Waals surface area contributed by atoms with E-state index in [0.29, 0.717) is 26.3 Å². The summed E-state index contributed by atoms with van der Waals surface area (Å²) in [6, 6.07) is 0. The number of carbonyl (C=O) groups is 1. The van der Waals surface area contributed by atoms with Gasteiger partial charge in [-0.1, -0.05) is 20.8 Å². The van der Waals surface area contributed by atoms with E-state index >= 15 is 0 Å². The molecule has 1 aliphatic rings. The van der Waals surface area contributed by atoms with Gasteiger partial charge in [-0.2, -0.15) is 0 Å². The van der Waals surface area contributed by atoms with Crippen molar-refractivity contribution in [2.24, 2.45) is 16.6 Å². The molecule has 0 unspecified atom stereocenters. The number of hydrogen-bond acceptors (Lipinski definition) is 3. The van der Waals surface area contributed by atoms with E-state index in [-0.39, 0.29) is 11.3 Å². The van der Waals surface area contributed by atoms with Crippen LogP contribution >= 0.6 is 0 Å². The Hall–Kier alpha value is -0.610. The molecule has 0 spiro atoms. The molecule has 1 aliphatic heterocycles. The maximum absolute atomic E-state index is 11.8. The lowest BCUT2D eigenvalue weighted by atomic mass is 9.84. The number of amides is 1. The van der Waals surface area contributed by atoms with E-state index in [1.54, 1.807) is 0 Å². The lowest BCUT2D eigenvalue weighted by Crippen LogP contribution is -2.58. The Morgan fingerprint density at radius 1 is 1.50 bits per heavy atom. The van der Waals surface area contributed by atoms with Crippen LogP contribution in [0.1, 0.15) is 20.8 Å². The first-order valence-electron chi connectivity index (χ1n) is 4.96. The molecule has 0 atom stereocenters. The average Bonchev–Trinajstić information content (AvgIpc) is 1.98. The topological polar surface area (TPSA) is 64.4 Å². The van der Waals surface area contributed by atoms with E-state index in [1.165, 1.54) is 0 Å². The van der Waals surface area contributed by atoms with Crippen molar-refractivity contribution in [3.05, 3.63) is 0 Å². The average molecular weight is 200 g/mol. The van der Waals surface area contributed by atoms with Crippen molar-refractivity contribution >= 4 is 5.91 Å². The van der Waals surface area contributed by atoms with Crippen molar-refractivity contribution in [3.63, 3.8) is 0 Å². The Morgan fingerprint density at radius 2 is 2.07 bits per heavy atom. The van der Waals surface area contributed by atoms with Gasteiger partial charge >= 0.3 is 0 Å². The predicted octanol–water partition coefficient (Wildman–Crippen LogP) is 0.124. The molecule has 0 aromatic carbocycles. The Labute approximate surface area is 85.2 Å². The third kappa shape index (κ3) is 2.45. The van der Waals surface area contributed by atoms with Gasteiger partial charge in [0.15, 0.2) is 0 Å². The van der Waals surface area contributed by atoms with Gasteiger partial charge in [0, 0.05) is 13.1 Å². The van der Waals surface area contributed by atoms with Crippen molar-refractivity contribution in [3.8, 4) is 0 Å². The number of rotatable bonds is 3. The molecule has 0 aromatic heterocycles. The summed E-state index contributed by atoms with van der Waals surface area (Å²) in [7, 11) is 0. The predicted molar refractivity (Wildman–Crippen MR) is 54.8 cm³/mol. The highest BCUT2D eigenvalue weighted by atomic mass is 16.5. The molecule has 0 saturated carbocycles. The van der Waals surface area contributed by atoms with Crippen LogP contribution in [-0.4, -0.2) is 32.2 Å². The number of nitrogens with one attached hydrogen (secondary N) is 1. The van der Waals surface area contributed by atoms with Crippen molar-refractivity contribution in [1.29, 1.82) is 0 Å². The van der Waals surface area contributed by atoms with Crippen LogP contribution in [0.2, 0.25) is 0 Å². The molecule has 4 heteroatoms. The fourth-order valence-corrected chi connectivity index (χ4v) is 1.22. The summed E-state index contributed by atoms with van der Waals surface area (Å²) >= 11 is 0. The van der Waals surface area contributed by atoms with E-state index < -0.39 is 5.41 Å². The standard InChI is InChI=1S/C10H20N2O2/c1-9(2,3)5-12-8(13)10(4-11)6-14-7-10/h4-7,11H2,1-3H3,(H,12,13). The van der Waals surface area contributed by atoms with E-state index in [0.717, 1.165) is 0 Å². The Morgan fingerprint density at radius 3 is 2.36 bits per heavy atom. The maximum atomic E-state index is 11.8. The van der Waals surface area contributed by atoms with Gasteiger partial charge in [-0.05, 0) is 5.41 Å². The van der Waals surface area contributed by atoms with Gasteiger partial charge in [-0.15, -0.1) is 0 Å². The zero-order valence-corrected chi connectivity index (χ0v) is 9.22. The Bertz CT molecular complexity index is 211. The molecular weight excluding hydrogens is 180 g/mol. The molecule has 1 saturated heterocycles. The molecule has 0 bridgehead atoms. The molecule has 1 fully saturated rings.